The zero-order valence-corrected chi connectivity index (χ0v) is 18.1. The maximum atomic E-state index is 15.2. The fourth-order valence-electron chi connectivity index (χ4n) is 3.70. The molecule has 0 heterocycles. The molecule has 0 aliphatic heterocycles. The molecule has 0 atom stereocenters. The SMILES string of the molecule is CCCc1ccc(C#Cc2ccc3c(F)c(-c4cc(F)c(OC(F)F)c(F)c4)ccc3c2)cc1. The van der Waals surface area contributed by atoms with Gasteiger partial charge in [-0.2, -0.15) is 8.78 Å². The summed E-state index contributed by atoms with van der Waals surface area (Å²) in [5.74, 6) is 1.56. The zero-order valence-electron chi connectivity index (χ0n) is 18.1. The molecule has 0 aliphatic rings. The first-order valence-electron chi connectivity index (χ1n) is 10.6. The average Bonchev–Trinajstić information content (AvgIpc) is 2.81. The summed E-state index contributed by atoms with van der Waals surface area (Å²) in [4.78, 5) is 0. The van der Waals surface area contributed by atoms with E-state index in [0.717, 1.165) is 30.5 Å². The van der Waals surface area contributed by atoms with E-state index in [2.05, 4.69) is 23.5 Å². The zero-order chi connectivity index (χ0) is 24.2. The van der Waals surface area contributed by atoms with Crippen LogP contribution in [0, 0.1) is 29.3 Å². The van der Waals surface area contributed by atoms with Crippen LogP contribution in [0.1, 0.15) is 30.0 Å². The van der Waals surface area contributed by atoms with Crippen LogP contribution in [-0.2, 0) is 6.42 Å². The largest absolute Gasteiger partial charge is 0.429 e. The molecule has 172 valence electrons. The summed E-state index contributed by atoms with van der Waals surface area (Å²) in [6, 6.07) is 17.4. The van der Waals surface area contributed by atoms with Crippen LogP contribution >= 0.6 is 0 Å². The standard InChI is InChI=1S/C28H19F5O/c1-2-3-17-4-6-18(7-5-17)8-9-19-10-12-22-20(14-19)11-13-23(26(22)31)21-15-24(29)27(25(30)16-21)34-28(32)33/h4-7,10-16,28H,2-3H2,1H3. The van der Waals surface area contributed by atoms with Gasteiger partial charge in [-0.25, -0.2) is 13.2 Å². The maximum Gasteiger partial charge on any atom is 0.387 e. The number of ether oxygens (including phenoxy) is 1. The second-order valence-electron chi connectivity index (χ2n) is 7.71. The third-order valence-electron chi connectivity index (χ3n) is 5.31. The molecule has 0 aliphatic carbocycles. The molecule has 0 spiro atoms. The summed E-state index contributed by atoms with van der Waals surface area (Å²) >= 11 is 0. The molecule has 0 radical (unpaired) electrons. The van der Waals surface area contributed by atoms with Crippen molar-refractivity contribution in [1.82, 2.24) is 0 Å². The van der Waals surface area contributed by atoms with Crippen LogP contribution in [0.15, 0.2) is 66.7 Å². The average molecular weight is 466 g/mol. The first kappa shape index (κ1) is 23.3. The predicted molar refractivity (Wildman–Crippen MR) is 122 cm³/mol. The molecule has 0 saturated heterocycles. The number of alkyl halides is 2. The van der Waals surface area contributed by atoms with Gasteiger partial charge in [0.25, 0.3) is 0 Å². The van der Waals surface area contributed by atoms with Crippen molar-refractivity contribution in [2.45, 2.75) is 26.4 Å². The normalized spacial score (nSPS) is 10.9. The molecule has 4 rings (SSSR count). The van der Waals surface area contributed by atoms with Crippen molar-refractivity contribution in [1.29, 1.82) is 0 Å². The predicted octanol–water partition coefficient (Wildman–Crippen LogP) is 7.88. The minimum Gasteiger partial charge on any atom is -0.429 e. The summed E-state index contributed by atoms with van der Waals surface area (Å²) in [5, 5.41) is 0.797. The van der Waals surface area contributed by atoms with Crippen molar-refractivity contribution in [3.8, 4) is 28.7 Å². The van der Waals surface area contributed by atoms with E-state index in [1.165, 1.54) is 11.6 Å². The van der Waals surface area contributed by atoms with Crippen molar-refractivity contribution in [2.24, 2.45) is 0 Å². The van der Waals surface area contributed by atoms with Crippen LogP contribution in [-0.4, -0.2) is 6.61 Å². The molecule has 4 aromatic carbocycles. The third-order valence-corrected chi connectivity index (χ3v) is 5.31. The van der Waals surface area contributed by atoms with E-state index in [1.807, 2.05) is 24.3 Å². The lowest BCUT2D eigenvalue weighted by atomic mass is 9.98. The van der Waals surface area contributed by atoms with Gasteiger partial charge in [0.2, 0.25) is 0 Å². The summed E-state index contributed by atoms with van der Waals surface area (Å²) in [7, 11) is 0. The summed E-state index contributed by atoms with van der Waals surface area (Å²) in [6.07, 6.45) is 2.08. The second kappa shape index (κ2) is 9.96. The minimum absolute atomic E-state index is 0.0695. The summed E-state index contributed by atoms with van der Waals surface area (Å²) in [6.45, 7) is -1.26. The van der Waals surface area contributed by atoms with Gasteiger partial charge in [-0.15, -0.1) is 0 Å². The van der Waals surface area contributed by atoms with Crippen molar-refractivity contribution < 1.29 is 26.7 Å². The molecule has 34 heavy (non-hydrogen) atoms. The van der Waals surface area contributed by atoms with Crippen LogP contribution in [0.25, 0.3) is 21.9 Å². The molecule has 0 aromatic heterocycles. The van der Waals surface area contributed by atoms with Gasteiger partial charge in [-0.1, -0.05) is 55.5 Å². The Labute approximate surface area is 193 Å². The first-order chi connectivity index (χ1) is 16.4. The smallest absolute Gasteiger partial charge is 0.387 e. The molecule has 0 unspecified atom stereocenters. The van der Waals surface area contributed by atoms with E-state index < -0.39 is 29.8 Å². The van der Waals surface area contributed by atoms with Crippen molar-refractivity contribution in [3.63, 3.8) is 0 Å². The van der Waals surface area contributed by atoms with Crippen LogP contribution in [0.4, 0.5) is 22.0 Å². The van der Waals surface area contributed by atoms with Gasteiger partial charge < -0.3 is 4.74 Å². The quantitative estimate of drug-likeness (QED) is 0.215. The van der Waals surface area contributed by atoms with E-state index >= 15 is 4.39 Å². The lowest BCUT2D eigenvalue weighted by Crippen LogP contribution is -2.06. The number of hydrogen-bond donors (Lipinski definition) is 0. The Morgan fingerprint density at radius 1 is 0.794 bits per heavy atom. The van der Waals surface area contributed by atoms with E-state index in [4.69, 9.17) is 0 Å². The first-order valence-corrected chi connectivity index (χ1v) is 10.6. The lowest BCUT2D eigenvalue weighted by Gasteiger charge is -2.11. The van der Waals surface area contributed by atoms with E-state index in [-0.39, 0.29) is 16.5 Å². The molecule has 6 heteroatoms. The monoisotopic (exact) mass is 466 g/mol. The highest BCUT2D eigenvalue weighted by Gasteiger charge is 2.19. The minimum atomic E-state index is -3.38. The van der Waals surface area contributed by atoms with Gasteiger partial charge in [0.1, 0.15) is 5.82 Å². The Hall–Kier alpha value is -3.85. The molecular formula is C28H19F5O. The number of halogens is 5. The molecule has 1 nitrogen and oxygen atoms in total. The Kier molecular flexibility index (Phi) is 6.83. The van der Waals surface area contributed by atoms with Crippen molar-refractivity contribution in [3.05, 3.63) is 101 Å². The summed E-state index contributed by atoms with van der Waals surface area (Å²) < 4.78 is 71.9. The molecule has 4 aromatic rings. The van der Waals surface area contributed by atoms with Crippen molar-refractivity contribution in [2.75, 3.05) is 0 Å². The van der Waals surface area contributed by atoms with Gasteiger partial charge in [0.15, 0.2) is 17.4 Å². The van der Waals surface area contributed by atoms with Crippen molar-refractivity contribution >= 4 is 10.8 Å². The maximum absolute atomic E-state index is 15.2. The molecule has 0 amide bonds. The van der Waals surface area contributed by atoms with Gasteiger partial charge >= 0.3 is 6.61 Å². The third kappa shape index (κ3) is 5.04. The van der Waals surface area contributed by atoms with E-state index in [1.54, 1.807) is 24.3 Å². The lowest BCUT2D eigenvalue weighted by molar-refractivity contribution is -0.0546. The second-order valence-corrected chi connectivity index (χ2v) is 7.71. The van der Waals surface area contributed by atoms with Crippen LogP contribution < -0.4 is 4.74 Å². The molecule has 0 bridgehead atoms. The Morgan fingerprint density at radius 3 is 2.09 bits per heavy atom. The molecule has 0 saturated carbocycles. The highest BCUT2D eigenvalue weighted by atomic mass is 19.3. The van der Waals surface area contributed by atoms with Crippen LogP contribution in [0.3, 0.4) is 0 Å². The van der Waals surface area contributed by atoms with Gasteiger partial charge in [-0.3, -0.25) is 0 Å². The fourth-order valence-corrected chi connectivity index (χ4v) is 3.70. The Morgan fingerprint density at radius 2 is 1.44 bits per heavy atom. The number of hydrogen-bond acceptors (Lipinski definition) is 1. The van der Waals surface area contributed by atoms with Gasteiger partial charge in [-0.05, 0) is 59.3 Å². The fraction of sp³-hybridized carbons (Fsp3) is 0.143. The highest BCUT2D eigenvalue weighted by molar-refractivity contribution is 5.89. The number of benzene rings is 4. The van der Waals surface area contributed by atoms with Gasteiger partial charge in [0.05, 0.1) is 0 Å². The van der Waals surface area contributed by atoms with E-state index in [0.29, 0.717) is 10.9 Å². The molecule has 0 fully saturated rings. The van der Waals surface area contributed by atoms with Gasteiger partial charge in [0, 0.05) is 22.1 Å². The topological polar surface area (TPSA) is 9.23 Å². The van der Waals surface area contributed by atoms with Crippen LogP contribution in [0.5, 0.6) is 5.75 Å². The Bertz CT molecular complexity index is 1380. The number of aryl methyl sites for hydroxylation is 1. The van der Waals surface area contributed by atoms with Crippen LogP contribution in [0.2, 0.25) is 0 Å². The number of fused-ring (bicyclic) bond motifs is 1. The number of rotatable bonds is 5. The highest BCUT2D eigenvalue weighted by Crippen LogP contribution is 2.34. The summed E-state index contributed by atoms with van der Waals surface area (Å²) in [5.41, 5.74) is 2.60. The molecule has 0 N–H and O–H groups in total. The Balaban J connectivity index is 1.64. The molecular weight excluding hydrogens is 447 g/mol. The van der Waals surface area contributed by atoms with E-state index in [9.17, 15) is 17.6 Å².